The van der Waals surface area contributed by atoms with Gasteiger partial charge in [0.2, 0.25) is 6.79 Å². The highest BCUT2D eigenvalue weighted by molar-refractivity contribution is 5.95. The molecule has 2 aliphatic heterocycles. The van der Waals surface area contributed by atoms with Crippen molar-refractivity contribution >= 4 is 5.91 Å². The molecule has 3 rings (SSSR count). The monoisotopic (exact) mass is 276 g/mol. The van der Waals surface area contributed by atoms with Crippen LogP contribution in [0.5, 0.6) is 11.5 Å². The van der Waals surface area contributed by atoms with Gasteiger partial charge in [-0.3, -0.25) is 4.79 Å². The van der Waals surface area contributed by atoms with E-state index < -0.39 is 0 Å². The molecule has 0 spiro atoms. The van der Waals surface area contributed by atoms with Crippen LogP contribution in [0.1, 0.15) is 30.6 Å². The Kier molecular flexibility index (Phi) is 3.53. The van der Waals surface area contributed by atoms with Crippen LogP contribution >= 0.6 is 0 Å². The fourth-order valence-corrected chi connectivity index (χ4v) is 2.88. The summed E-state index contributed by atoms with van der Waals surface area (Å²) in [7, 11) is 0. The normalized spacial score (nSPS) is 20.4. The van der Waals surface area contributed by atoms with Crippen molar-refractivity contribution in [3.8, 4) is 11.5 Å². The molecule has 2 aliphatic rings. The molecule has 1 fully saturated rings. The number of carbonyl (C=O) groups excluding carboxylic acids is 1. The zero-order chi connectivity index (χ0) is 14.1. The number of hydrogen-bond acceptors (Lipinski definition) is 4. The smallest absolute Gasteiger partial charge is 0.254 e. The fraction of sp³-hybridized carbons (Fsp3) is 0.533. The summed E-state index contributed by atoms with van der Waals surface area (Å²) in [5.74, 6) is 1.43. The summed E-state index contributed by atoms with van der Waals surface area (Å²) in [5.41, 5.74) is 0.662. The molecule has 1 N–H and O–H groups in total. The maximum Gasteiger partial charge on any atom is 0.254 e. The topological polar surface area (TPSA) is 50.8 Å². The maximum atomic E-state index is 12.8. The van der Waals surface area contributed by atoms with Crippen molar-refractivity contribution in [1.82, 2.24) is 10.2 Å². The Bertz CT molecular complexity index is 510. The first kappa shape index (κ1) is 13.2. The van der Waals surface area contributed by atoms with Crippen molar-refractivity contribution in [2.24, 2.45) is 0 Å². The van der Waals surface area contributed by atoms with Gasteiger partial charge >= 0.3 is 0 Å². The molecule has 1 saturated heterocycles. The molecular weight excluding hydrogens is 256 g/mol. The molecule has 1 aromatic rings. The van der Waals surface area contributed by atoms with Crippen LogP contribution in [0.25, 0.3) is 0 Å². The first-order chi connectivity index (χ1) is 9.66. The first-order valence-electron chi connectivity index (χ1n) is 7.10. The number of ether oxygens (including phenoxy) is 2. The standard InChI is InChI=1S/C15H20N2O3/c1-10(2)17(12-5-6-16-8-12)15(18)11-3-4-13-14(7-11)20-9-19-13/h3-4,7,10,12,16H,5-6,8-9H2,1-2H3. The fourth-order valence-electron chi connectivity index (χ4n) is 2.88. The van der Waals surface area contributed by atoms with Gasteiger partial charge in [0.15, 0.2) is 11.5 Å². The molecule has 1 aromatic carbocycles. The van der Waals surface area contributed by atoms with Gasteiger partial charge < -0.3 is 19.7 Å². The summed E-state index contributed by atoms with van der Waals surface area (Å²) in [5, 5.41) is 3.32. The van der Waals surface area contributed by atoms with Gasteiger partial charge in [-0.25, -0.2) is 0 Å². The molecule has 5 heteroatoms. The number of rotatable bonds is 3. The molecule has 0 aromatic heterocycles. The van der Waals surface area contributed by atoms with Crippen LogP contribution in [-0.4, -0.2) is 42.8 Å². The molecule has 20 heavy (non-hydrogen) atoms. The number of amides is 1. The van der Waals surface area contributed by atoms with Crippen LogP contribution < -0.4 is 14.8 Å². The predicted octanol–water partition coefficient (Wildman–Crippen LogP) is 1.63. The van der Waals surface area contributed by atoms with E-state index in [-0.39, 0.29) is 24.8 Å². The lowest BCUT2D eigenvalue weighted by molar-refractivity contribution is 0.0626. The van der Waals surface area contributed by atoms with E-state index in [4.69, 9.17) is 9.47 Å². The van der Waals surface area contributed by atoms with Crippen molar-refractivity contribution in [3.63, 3.8) is 0 Å². The average Bonchev–Trinajstić information content (AvgIpc) is 3.08. The van der Waals surface area contributed by atoms with Gasteiger partial charge in [0.1, 0.15) is 0 Å². The van der Waals surface area contributed by atoms with E-state index in [1.807, 2.05) is 11.0 Å². The summed E-state index contributed by atoms with van der Waals surface area (Å²) in [6, 6.07) is 5.85. The number of nitrogens with one attached hydrogen (secondary N) is 1. The molecule has 0 radical (unpaired) electrons. The largest absolute Gasteiger partial charge is 0.454 e. The van der Waals surface area contributed by atoms with E-state index in [1.54, 1.807) is 12.1 Å². The quantitative estimate of drug-likeness (QED) is 0.911. The van der Waals surface area contributed by atoms with Crippen molar-refractivity contribution in [3.05, 3.63) is 23.8 Å². The van der Waals surface area contributed by atoms with Gasteiger partial charge in [-0.2, -0.15) is 0 Å². The number of fused-ring (bicyclic) bond motifs is 1. The second kappa shape index (κ2) is 5.32. The van der Waals surface area contributed by atoms with Crippen molar-refractivity contribution < 1.29 is 14.3 Å². The summed E-state index contributed by atoms with van der Waals surface area (Å²) in [6.45, 7) is 6.19. The van der Waals surface area contributed by atoms with Gasteiger partial charge in [0.25, 0.3) is 5.91 Å². The van der Waals surface area contributed by atoms with Crippen molar-refractivity contribution in [2.75, 3.05) is 19.9 Å². The molecular formula is C15H20N2O3. The Morgan fingerprint density at radius 2 is 2.15 bits per heavy atom. The lowest BCUT2D eigenvalue weighted by Crippen LogP contribution is -2.45. The van der Waals surface area contributed by atoms with Crippen LogP contribution in [0.15, 0.2) is 18.2 Å². The lowest BCUT2D eigenvalue weighted by Gasteiger charge is -2.32. The first-order valence-corrected chi connectivity index (χ1v) is 7.10. The van der Waals surface area contributed by atoms with Crippen LogP contribution in [0.3, 0.4) is 0 Å². The molecule has 1 atom stereocenters. The van der Waals surface area contributed by atoms with Crippen LogP contribution in [0.4, 0.5) is 0 Å². The minimum atomic E-state index is 0.0620. The van der Waals surface area contributed by atoms with E-state index in [0.717, 1.165) is 19.5 Å². The molecule has 1 amide bonds. The number of nitrogens with zero attached hydrogens (tertiary/aromatic N) is 1. The lowest BCUT2D eigenvalue weighted by atomic mass is 10.1. The van der Waals surface area contributed by atoms with Gasteiger partial charge in [0.05, 0.1) is 0 Å². The Balaban J connectivity index is 1.85. The number of hydrogen-bond donors (Lipinski definition) is 1. The third-order valence-corrected chi connectivity index (χ3v) is 3.84. The minimum Gasteiger partial charge on any atom is -0.454 e. The number of carbonyl (C=O) groups is 1. The SMILES string of the molecule is CC(C)N(C(=O)c1ccc2c(c1)OCO2)C1CCNC1. The molecule has 2 heterocycles. The minimum absolute atomic E-state index is 0.0620. The van der Waals surface area contributed by atoms with E-state index in [1.165, 1.54) is 0 Å². The summed E-state index contributed by atoms with van der Waals surface area (Å²) in [4.78, 5) is 14.7. The maximum absolute atomic E-state index is 12.8. The van der Waals surface area contributed by atoms with Crippen LogP contribution in [0.2, 0.25) is 0 Å². The molecule has 0 bridgehead atoms. The summed E-state index contributed by atoms with van der Waals surface area (Å²) in [6.07, 6.45) is 1.01. The third kappa shape index (κ3) is 2.33. The van der Waals surface area contributed by atoms with Gasteiger partial charge in [-0.15, -0.1) is 0 Å². The number of benzene rings is 1. The Morgan fingerprint density at radius 1 is 1.35 bits per heavy atom. The highest BCUT2D eigenvalue weighted by Gasteiger charge is 2.30. The summed E-state index contributed by atoms with van der Waals surface area (Å²) < 4.78 is 10.6. The average molecular weight is 276 g/mol. The van der Waals surface area contributed by atoms with Gasteiger partial charge in [-0.1, -0.05) is 0 Å². The molecule has 108 valence electrons. The zero-order valence-electron chi connectivity index (χ0n) is 11.9. The van der Waals surface area contributed by atoms with Gasteiger partial charge in [-0.05, 0) is 45.0 Å². The highest BCUT2D eigenvalue weighted by Crippen LogP contribution is 2.33. The molecule has 0 aliphatic carbocycles. The van der Waals surface area contributed by atoms with E-state index in [2.05, 4.69) is 19.2 Å². The Hall–Kier alpha value is -1.75. The highest BCUT2D eigenvalue weighted by atomic mass is 16.7. The van der Waals surface area contributed by atoms with Crippen LogP contribution in [0, 0.1) is 0 Å². The zero-order valence-corrected chi connectivity index (χ0v) is 11.9. The van der Waals surface area contributed by atoms with Crippen molar-refractivity contribution in [2.45, 2.75) is 32.4 Å². The van der Waals surface area contributed by atoms with E-state index in [9.17, 15) is 4.79 Å². The van der Waals surface area contributed by atoms with E-state index >= 15 is 0 Å². The predicted molar refractivity (Wildman–Crippen MR) is 75.1 cm³/mol. The Labute approximate surface area is 118 Å². The van der Waals surface area contributed by atoms with Crippen molar-refractivity contribution in [1.29, 1.82) is 0 Å². The van der Waals surface area contributed by atoms with E-state index in [0.29, 0.717) is 17.1 Å². The third-order valence-electron chi connectivity index (χ3n) is 3.84. The molecule has 5 nitrogen and oxygen atoms in total. The molecule has 1 unspecified atom stereocenters. The second-order valence-corrected chi connectivity index (χ2v) is 5.52. The van der Waals surface area contributed by atoms with Gasteiger partial charge in [0, 0.05) is 24.2 Å². The Morgan fingerprint density at radius 3 is 2.85 bits per heavy atom. The van der Waals surface area contributed by atoms with Crippen LogP contribution in [-0.2, 0) is 0 Å². The molecule has 0 saturated carbocycles. The second-order valence-electron chi connectivity index (χ2n) is 5.52. The summed E-state index contributed by atoms with van der Waals surface area (Å²) >= 11 is 0.